The van der Waals surface area contributed by atoms with E-state index in [1.165, 1.54) is 11.3 Å². The highest BCUT2D eigenvalue weighted by molar-refractivity contribution is 7.73. The summed E-state index contributed by atoms with van der Waals surface area (Å²) in [7, 11) is 0. The number of aryl methyl sites for hydroxylation is 1. The largest absolute Gasteiger partial charge is 0.390 e. The van der Waals surface area contributed by atoms with Gasteiger partial charge in [0.15, 0.2) is 3.95 Å². The molecule has 0 aliphatic rings. The molecule has 0 bridgehead atoms. The zero-order valence-corrected chi connectivity index (χ0v) is 10.7. The number of aromatic nitrogens is 1. The maximum absolute atomic E-state index is 12.7. The number of amides is 1. The predicted molar refractivity (Wildman–Crippen MR) is 63.0 cm³/mol. The van der Waals surface area contributed by atoms with Crippen LogP contribution in [0.25, 0.3) is 0 Å². The van der Waals surface area contributed by atoms with Crippen LogP contribution < -0.4 is 5.32 Å². The summed E-state index contributed by atoms with van der Waals surface area (Å²) in [5.74, 6) is -3.80. The first-order valence-corrected chi connectivity index (χ1v) is 6.00. The third kappa shape index (κ3) is 4.49. The molecule has 1 amide bonds. The molecule has 0 saturated carbocycles. The van der Waals surface area contributed by atoms with E-state index < -0.39 is 25.0 Å². The van der Waals surface area contributed by atoms with Gasteiger partial charge in [-0.15, -0.1) is 11.3 Å². The minimum absolute atomic E-state index is 0.00511. The van der Waals surface area contributed by atoms with Crippen LogP contribution in [-0.2, 0) is 11.2 Å². The molecule has 1 aromatic heterocycles. The molecule has 0 atom stereocenters. The third-order valence-electron chi connectivity index (χ3n) is 2.02. The van der Waals surface area contributed by atoms with Gasteiger partial charge in [-0.3, -0.25) is 4.79 Å². The number of halogens is 2. The van der Waals surface area contributed by atoms with Crippen molar-refractivity contribution in [2.75, 3.05) is 13.2 Å². The highest BCUT2D eigenvalue weighted by Gasteiger charge is 2.28. The number of aliphatic hydroxyl groups excluding tert-OH is 1. The second-order valence-corrected chi connectivity index (χ2v) is 5.30. The van der Waals surface area contributed by atoms with E-state index in [9.17, 15) is 13.6 Å². The molecule has 0 unspecified atom stereocenters. The van der Waals surface area contributed by atoms with Gasteiger partial charge in [0.25, 0.3) is 5.92 Å². The fourth-order valence-corrected chi connectivity index (χ4v) is 2.39. The summed E-state index contributed by atoms with van der Waals surface area (Å²) in [6.07, 6.45) is 0.00511. The van der Waals surface area contributed by atoms with Crippen molar-refractivity contribution in [3.05, 3.63) is 14.5 Å². The Kier molecular flexibility index (Phi) is 4.72. The molecule has 0 aliphatic heterocycles. The zero-order chi connectivity index (χ0) is 13.1. The first-order chi connectivity index (χ1) is 7.84. The first-order valence-electron chi connectivity index (χ1n) is 4.78. The number of carbonyl (C=O) groups excluding carboxylic acids is 1. The number of carbonyl (C=O) groups is 1. The highest BCUT2D eigenvalue weighted by atomic mass is 32.1. The third-order valence-corrected chi connectivity index (χ3v) is 3.36. The average molecular weight is 282 g/mol. The molecule has 1 heterocycles. The molecule has 0 fully saturated rings. The topological polar surface area (TPSA) is 65.1 Å². The lowest BCUT2D eigenvalue weighted by molar-refractivity contribution is -0.123. The maximum Gasteiger partial charge on any atom is 0.287 e. The van der Waals surface area contributed by atoms with Crippen molar-refractivity contribution >= 4 is 29.5 Å². The summed E-state index contributed by atoms with van der Waals surface area (Å²) >= 11 is 6.14. The second kappa shape index (κ2) is 5.65. The van der Waals surface area contributed by atoms with Crippen LogP contribution in [0.4, 0.5) is 8.78 Å². The Bertz CT molecular complexity index is 456. The van der Waals surface area contributed by atoms with Gasteiger partial charge in [0.05, 0.1) is 13.0 Å². The fourth-order valence-electron chi connectivity index (χ4n) is 1.10. The summed E-state index contributed by atoms with van der Waals surface area (Å²) in [5, 5.41) is 10.4. The number of thiazole rings is 1. The molecule has 96 valence electrons. The lowest BCUT2D eigenvalue weighted by Gasteiger charge is -2.13. The van der Waals surface area contributed by atoms with E-state index in [1.54, 1.807) is 6.92 Å². The van der Waals surface area contributed by atoms with Crippen molar-refractivity contribution < 1.29 is 18.7 Å². The SMILES string of the molecule is Cc1[nH]c(=S)sc1CC(=O)NCC(F)(F)CO. The molecule has 1 aromatic rings. The van der Waals surface area contributed by atoms with Crippen LogP contribution in [0.3, 0.4) is 0 Å². The Morgan fingerprint density at radius 3 is 2.76 bits per heavy atom. The monoisotopic (exact) mass is 282 g/mol. The zero-order valence-electron chi connectivity index (χ0n) is 9.05. The Labute approximate surface area is 106 Å². The lowest BCUT2D eigenvalue weighted by Crippen LogP contribution is -2.39. The number of hydrogen-bond donors (Lipinski definition) is 3. The first kappa shape index (κ1) is 14.2. The van der Waals surface area contributed by atoms with Crippen LogP contribution >= 0.6 is 23.6 Å². The van der Waals surface area contributed by atoms with Crippen LogP contribution in [-0.4, -0.2) is 35.1 Å². The van der Waals surface area contributed by atoms with Crippen LogP contribution in [0.15, 0.2) is 0 Å². The van der Waals surface area contributed by atoms with E-state index in [0.717, 1.165) is 10.6 Å². The van der Waals surface area contributed by atoms with Gasteiger partial charge in [0.1, 0.15) is 6.61 Å². The highest BCUT2D eigenvalue weighted by Crippen LogP contribution is 2.15. The summed E-state index contributed by atoms with van der Waals surface area (Å²) in [4.78, 5) is 15.0. The summed E-state index contributed by atoms with van der Waals surface area (Å²) in [6.45, 7) is -0.385. The van der Waals surface area contributed by atoms with Gasteiger partial charge in [-0.2, -0.15) is 0 Å². The number of alkyl halides is 2. The predicted octanol–water partition coefficient (Wildman–Crippen LogP) is 1.40. The van der Waals surface area contributed by atoms with E-state index in [2.05, 4.69) is 10.3 Å². The lowest BCUT2D eigenvalue weighted by atomic mass is 10.3. The normalized spacial score (nSPS) is 11.5. The van der Waals surface area contributed by atoms with Crippen molar-refractivity contribution in [2.24, 2.45) is 0 Å². The molecule has 0 radical (unpaired) electrons. The van der Waals surface area contributed by atoms with Crippen LogP contribution in [0.2, 0.25) is 0 Å². The Balaban J connectivity index is 2.51. The van der Waals surface area contributed by atoms with E-state index in [0.29, 0.717) is 3.95 Å². The molecular weight excluding hydrogens is 270 g/mol. The van der Waals surface area contributed by atoms with Crippen molar-refractivity contribution in [2.45, 2.75) is 19.3 Å². The van der Waals surface area contributed by atoms with Crippen molar-refractivity contribution in [1.82, 2.24) is 10.3 Å². The van der Waals surface area contributed by atoms with Crippen LogP contribution in [0.1, 0.15) is 10.6 Å². The Morgan fingerprint density at radius 2 is 2.29 bits per heavy atom. The summed E-state index contributed by atoms with van der Waals surface area (Å²) in [5.41, 5.74) is 0.768. The molecule has 0 aliphatic carbocycles. The van der Waals surface area contributed by atoms with E-state index in [4.69, 9.17) is 17.3 Å². The number of aliphatic hydroxyl groups is 1. The molecule has 0 aromatic carbocycles. The maximum atomic E-state index is 12.7. The molecule has 3 N–H and O–H groups in total. The number of rotatable bonds is 5. The van der Waals surface area contributed by atoms with Crippen molar-refractivity contribution in [3.63, 3.8) is 0 Å². The fraction of sp³-hybridized carbons (Fsp3) is 0.556. The average Bonchev–Trinajstić information content (AvgIpc) is 2.55. The van der Waals surface area contributed by atoms with Crippen LogP contribution in [0, 0.1) is 10.9 Å². The van der Waals surface area contributed by atoms with E-state index in [1.807, 2.05) is 0 Å². The minimum atomic E-state index is -3.28. The summed E-state index contributed by atoms with van der Waals surface area (Å²) in [6, 6.07) is 0. The van der Waals surface area contributed by atoms with E-state index in [-0.39, 0.29) is 6.42 Å². The van der Waals surface area contributed by atoms with Gasteiger partial charge in [0.2, 0.25) is 5.91 Å². The van der Waals surface area contributed by atoms with Gasteiger partial charge in [-0.25, -0.2) is 8.78 Å². The molecule has 4 nitrogen and oxygen atoms in total. The smallest absolute Gasteiger partial charge is 0.287 e. The van der Waals surface area contributed by atoms with E-state index >= 15 is 0 Å². The molecular formula is C9H12F2N2O2S2. The quantitative estimate of drug-likeness (QED) is 0.715. The van der Waals surface area contributed by atoms with Crippen LogP contribution in [0.5, 0.6) is 0 Å². The van der Waals surface area contributed by atoms with Crippen molar-refractivity contribution in [3.8, 4) is 0 Å². The van der Waals surface area contributed by atoms with Gasteiger partial charge in [0, 0.05) is 10.6 Å². The molecule has 1 rings (SSSR count). The number of nitrogens with one attached hydrogen (secondary N) is 2. The van der Waals surface area contributed by atoms with Gasteiger partial charge < -0.3 is 15.4 Å². The number of aromatic amines is 1. The standard InChI is InChI=1S/C9H12F2N2O2S2/c1-5-6(17-8(16)13-5)2-7(15)12-3-9(10,11)4-14/h14H,2-4H2,1H3,(H,12,15)(H,13,16). The van der Waals surface area contributed by atoms with Gasteiger partial charge in [-0.05, 0) is 19.1 Å². The molecule has 0 spiro atoms. The second-order valence-electron chi connectivity index (χ2n) is 3.53. The van der Waals surface area contributed by atoms with Gasteiger partial charge in [-0.1, -0.05) is 0 Å². The molecule has 17 heavy (non-hydrogen) atoms. The Hall–Kier alpha value is -0.860. The number of H-pyrrole nitrogens is 1. The summed E-state index contributed by atoms with van der Waals surface area (Å²) < 4.78 is 25.8. The Morgan fingerprint density at radius 1 is 1.65 bits per heavy atom. The minimum Gasteiger partial charge on any atom is -0.390 e. The van der Waals surface area contributed by atoms with Gasteiger partial charge >= 0.3 is 0 Å². The molecule has 0 saturated heterocycles. The number of hydrogen-bond acceptors (Lipinski definition) is 4. The van der Waals surface area contributed by atoms with Crippen molar-refractivity contribution in [1.29, 1.82) is 0 Å². The molecule has 8 heteroatoms.